The van der Waals surface area contributed by atoms with E-state index in [0.29, 0.717) is 12.8 Å². The second kappa shape index (κ2) is 6.05. The standard InChI is InChI=1S/C13H16N4O/c1-2-7-17-13(15-10-16-17)9-12(18)8-11-5-3-4-6-14-11/h3-6,10H,2,7-9H2,1H3. The molecule has 2 aromatic heterocycles. The number of Topliss-reactive ketones (excluding diaryl/α,β-unsaturated/α-hetero) is 1. The zero-order valence-corrected chi connectivity index (χ0v) is 10.4. The summed E-state index contributed by atoms with van der Waals surface area (Å²) in [5, 5.41) is 4.10. The molecule has 2 heterocycles. The molecule has 0 fully saturated rings. The van der Waals surface area contributed by atoms with E-state index >= 15 is 0 Å². The van der Waals surface area contributed by atoms with Crippen molar-refractivity contribution < 1.29 is 4.79 Å². The number of nitrogens with zero attached hydrogens (tertiary/aromatic N) is 4. The van der Waals surface area contributed by atoms with E-state index in [4.69, 9.17) is 0 Å². The van der Waals surface area contributed by atoms with Crippen LogP contribution >= 0.6 is 0 Å². The number of carbonyl (C=O) groups excluding carboxylic acids is 1. The smallest absolute Gasteiger partial charge is 0.146 e. The van der Waals surface area contributed by atoms with Crippen molar-refractivity contribution in [1.82, 2.24) is 19.7 Å². The Balaban J connectivity index is 1.97. The maximum atomic E-state index is 11.9. The summed E-state index contributed by atoms with van der Waals surface area (Å²) in [6.45, 7) is 2.87. The Labute approximate surface area is 106 Å². The van der Waals surface area contributed by atoms with Crippen LogP contribution in [0.15, 0.2) is 30.7 Å². The van der Waals surface area contributed by atoms with Gasteiger partial charge in [0.05, 0.1) is 6.42 Å². The van der Waals surface area contributed by atoms with Gasteiger partial charge in [-0.25, -0.2) is 9.67 Å². The summed E-state index contributed by atoms with van der Waals surface area (Å²) in [4.78, 5) is 20.2. The fourth-order valence-corrected chi connectivity index (χ4v) is 1.77. The number of ketones is 1. The van der Waals surface area contributed by atoms with Gasteiger partial charge in [0, 0.05) is 24.9 Å². The summed E-state index contributed by atoms with van der Waals surface area (Å²) in [5.41, 5.74) is 0.795. The Morgan fingerprint density at radius 2 is 2.17 bits per heavy atom. The van der Waals surface area contributed by atoms with Crippen molar-refractivity contribution in [2.24, 2.45) is 0 Å². The first-order valence-electron chi connectivity index (χ1n) is 6.08. The molecule has 0 saturated heterocycles. The highest BCUT2D eigenvalue weighted by molar-refractivity contribution is 5.82. The molecule has 2 aromatic rings. The number of rotatable bonds is 6. The van der Waals surface area contributed by atoms with Crippen molar-refractivity contribution in [2.45, 2.75) is 32.7 Å². The number of pyridine rings is 1. The van der Waals surface area contributed by atoms with Crippen LogP contribution < -0.4 is 0 Å². The Morgan fingerprint density at radius 1 is 1.28 bits per heavy atom. The van der Waals surface area contributed by atoms with Crippen LogP contribution in [0.3, 0.4) is 0 Å². The highest BCUT2D eigenvalue weighted by Gasteiger charge is 2.10. The fourth-order valence-electron chi connectivity index (χ4n) is 1.77. The molecule has 94 valence electrons. The molecule has 0 radical (unpaired) electrons. The number of hydrogen-bond acceptors (Lipinski definition) is 4. The zero-order valence-electron chi connectivity index (χ0n) is 10.4. The lowest BCUT2D eigenvalue weighted by Crippen LogP contribution is -2.13. The molecule has 0 aliphatic carbocycles. The van der Waals surface area contributed by atoms with Gasteiger partial charge in [-0.05, 0) is 18.6 Å². The van der Waals surface area contributed by atoms with Gasteiger partial charge in [0.1, 0.15) is 17.9 Å². The second-order valence-corrected chi connectivity index (χ2v) is 4.11. The largest absolute Gasteiger partial charge is 0.299 e. The van der Waals surface area contributed by atoms with Crippen molar-refractivity contribution in [3.05, 3.63) is 42.2 Å². The highest BCUT2D eigenvalue weighted by Crippen LogP contribution is 2.02. The topological polar surface area (TPSA) is 60.7 Å². The molecule has 0 saturated carbocycles. The molecule has 2 rings (SSSR count). The van der Waals surface area contributed by atoms with Gasteiger partial charge in [-0.2, -0.15) is 5.10 Å². The highest BCUT2D eigenvalue weighted by atomic mass is 16.1. The minimum atomic E-state index is 0.110. The quantitative estimate of drug-likeness (QED) is 0.771. The van der Waals surface area contributed by atoms with E-state index in [9.17, 15) is 4.79 Å². The monoisotopic (exact) mass is 244 g/mol. The van der Waals surface area contributed by atoms with Crippen molar-refractivity contribution in [2.75, 3.05) is 0 Å². The molecule has 0 spiro atoms. The second-order valence-electron chi connectivity index (χ2n) is 4.11. The number of aromatic nitrogens is 4. The number of carbonyl (C=O) groups is 1. The number of hydrogen-bond donors (Lipinski definition) is 0. The summed E-state index contributed by atoms with van der Waals surface area (Å²) in [6.07, 6.45) is 4.84. The maximum Gasteiger partial charge on any atom is 0.146 e. The van der Waals surface area contributed by atoms with Crippen molar-refractivity contribution in [3.63, 3.8) is 0 Å². The molecule has 5 heteroatoms. The van der Waals surface area contributed by atoms with Crippen molar-refractivity contribution in [1.29, 1.82) is 0 Å². The van der Waals surface area contributed by atoms with Crippen LogP contribution in [0.5, 0.6) is 0 Å². The van der Waals surface area contributed by atoms with E-state index in [1.54, 1.807) is 10.9 Å². The summed E-state index contributed by atoms with van der Waals surface area (Å²) in [5.74, 6) is 0.844. The molecule has 0 aromatic carbocycles. The molecule has 5 nitrogen and oxygen atoms in total. The molecule has 18 heavy (non-hydrogen) atoms. The summed E-state index contributed by atoms with van der Waals surface area (Å²) >= 11 is 0. The first kappa shape index (κ1) is 12.4. The Morgan fingerprint density at radius 3 is 2.89 bits per heavy atom. The zero-order chi connectivity index (χ0) is 12.8. The van der Waals surface area contributed by atoms with E-state index in [0.717, 1.165) is 24.5 Å². The van der Waals surface area contributed by atoms with Gasteiger partial charge >= 0.3 is 0 Å². The lowest BCUT2D eigenvalue weighted by atomic mass is 10.1. The molecule has 0 aliphatic heterocycles. The molecule has 0 atom stereocenters. The van der Waals surface area contributed by atoms with Gasteiger partial charge in [0.25, 0.3) is 0 Å². The molecule has 0 bridgehead atoms. The van der Waals surface area contributed by atoms with Crippen molar-refractivity contribution >= 4 is 5.78 Å². The van der Waals surface area contributed by atoms with Gasteiger partial charge < -0.3 is 0 Å². The maximum absolute atomic E-state index is 11.9. The van der Waals surface area contributed by atoms with E-state index < -0.39 is 0 Å². The van der Waals surface area contributed by atoms with Gasteiger partial charge in [-0.15, -0.1) is 0 Å². The molecular formula is C13H16N4O. The van der Waals surface area contributed by atoms with E-state index in [-0.39, 0.29) is 5.78 Å². The van der Waals surface area contributed by atoms with E-state index in [2.05, 4.69) is 22.0 Å². The Kier molecular flexibility index (Phi) is 4.17. The van der Waals surface area contributed by atoms with Crippen LogP contribution in [0.2, 0.25) is 0 Å². The minimum Gasteiger partial charge on any atom is -0.299 e. The van der Waals surface area contributed by atoms with Crippen LogP contribution in [0.1, 0.15) is 24.9 Å². The van der Waals surface area contributed by atoms with E-state index in [1.807, 2.05) is 18.2 Å². The fraction of sp³-hybridized carbons (Fsp3) is 0.385. The van der Waals surface area contributed by atoms with Crippen molar-refractivity contribution in [3.8, 4) is 0 Å². The normalized spacial score (nSPS) is 10.5. The molecule has 0 amide bonds. The van der Waals surface area contributed by atoms with E-state index in [1.165, 1.54) is 6.33 Å². The van der Waals surface area contributed by atoms with Gasteiger partial charge in [-0.1, -0.05) is 13.0 Å². The van der Waals surface area contributed by atoms with Crippen LogP contribution in [-0.2, 0) is 24.2 Å². The number of aryl methyl sites for hydroxylation is 1. The van der Waals surface area contributed by atoms with Gasteiger partial charge in [0.15, 0.2) is 0 Å². The van der Waals surface area contributed by atoms with Crippen LogP contribution in [0.4, 0.5) is 0 Å². The van der Waals surface area contributed by atoms with Gasteiger partial charge in [0.2, 0.25) is 0 Å². The van der Waals surface area contributed by atoms with Crippen LogP contribution in [0, 0.1) is 0 Å². The SMILES string of the molecule is CCCn1ncnc1CC(=O)Cc1ccccn1. The predicted octanol–water partition coefficient (Wildman–Crippen LogP) is 1.44. The first-order chi connectivity index (χ1) is 8.79. The molecular weight excluding hydrogens is 228 g/mol. The average Bonchev–Trinajstić information content (AvgIpc) is 2.78. The molecule has 0 unspecified atom stereocenters. The average molecular weight is 244 g/mol. The summed E-state index contributed by atoms with van der Waals surface area (Å²) < 4.78 is 1.79. The molecule has 0 aliphatic rings. The molecule has 0 N–H and O–H groups in total. The Bertz CT molecular complexity index is 507. The lowest BCUT2D eigenvalue weighted by molar-refractivity contribution is -0.118. The van der Waals surface area contributed by atoms with Crippen LogP contribution in [-0.4, -0.2) is 25.5 Å². The van der Waals surface area contributed by atoms with Crippen LogP contribution in [0.25, 0.3) is 0 Å². The minimum absolute atomic E-state index is 0.110. The third kappa shape index (κ3) is 3.23. The summed E-state index contributed by atoms with van der Waals surface area (Å²) in [7, 11) is 0. The third-order valence-corrected chi connectivity index (χ3v) is 2.59. The Hall–Kier alpha value is -2.04. The predicted molar refractivity (Wildman–Crippen MR) is 67.0 cm³/mol. The van der Waals surface area contributed by atoms with Gasteiger partial charge in [-0.3, -0.25) is 9.78 Å². The first-order valence-corrected chi connectivity index (χ1v) is 6.08. The third-order valence-electron chi connectivity index (χ3n) is 2.59. The summed E-state index contributed by atoms with van der Waals surface area (Å²) in [6, 6.07) is 5.58. The lowest BCUT2D eigenvalue weighted by Gasteiger charge is -2.03.